The molecule has 0 saturated carbocycles. The lowest BCUT2D eigenvalue weighted by molar-refractivity contribution is -0.125. The molecule has 0 unspecified atom stereocenters. The summed E-state index contributed by atoms with van der Waals surface area (Å²) in [6.07, 6.45) is 1.48. The fourth-order valence-corrected chi connectivity index (χ4v) is 3.61. The highest BCUT2D eigenvalue weighted by Gasteiger charge is 2.38. The highest BCUT2D eigenvalue weighted by atomic mass is 16.5. The normalized spacial score (nSPS) is 17.0. The number of hydrogen-bond acceptors (Lipinski definition) is 7. The first-order valence-electron chi connectivity index (χ1n) is 10.4. The number of imide groups is 1. The van der Waals surface area contributed by atoms with Crippen molar-refractivity contribution in [1.82, 2.24) is 15.8 Å². The van der Waals surface area contributed by atoms with E-state index in [0.717, 1.165) is 17.7 Å². The molecule has 1 fully saturated rings. The second-order valence-corrected chi connectivity index (χ2v) is 7.56. The van der Waals surface area contributed by atoms with Crippen molar-refractivity contribution < 1.29 is 33.4 Å². The first-order valence-corrected chi connectivity index (χ1v) is 10.4. The zero-order valence-corrected chi connectivity index (χ0v) is 17.5. The van der Waals surface area contributed by atoms with Crippen LogP contribution in [0, 0.1) is 0 Å². The fourth-order valence-electron chi connectivity index (χ4n) is 3.61. The summed E-state index contributed by atoms with van der Waals surface area (Å²) in [7, 11) is 0. The number of amides is 4. The van der Waals surface area contributed by atoms with Crippen LogP contribution in [0.2, 0.25) is 0 Å². The molecule has 10 heteroatoms. The predicted octanol–water partition coefficient (Wildman–Crippen LogP) is 1.08. The quantitative estimate of drug-likeness (QED) is 0.382. The average molecular weight is 451 g/mol. The third-order valence-corrected chi connectivity index (χ3v) is 5.30. The van der Waals surface area contributed by atoms with Crippen molar-refractivity contribution in [3.8, 4) is 0 Å². The summed E-state index contributed by atoms with van der Waals surface area (Å²) in [6, 6.07) is 12.3. The van der Waals surface area contributed by atoms with E-state index in [-0.39, 0.29) is 29.3 Å². The van der Waals surface area contributed by atoms with Gasteiger partial charge in [0.15, 0.2) is 6.61 Å². The van der Waals surface area contributed by atoms with Crippen LogP contribution in [0.15, 0.2) is 48.5 Å². The molecule has 0 spiro atoms. The van der Waals surface area contributed by atoms with E-state index in [1.807, 2.05) is 0 Å². The monoisotopic (exact) mass is 451 g/mol. The number of benzene rings is 2. The first kappa shape index (κ1) is 22.2. The minimum atomic E-state index is -0.847. The molecule has 0 radical (unpaired) electrons. The highest BCUT2D eigenvalue weighted by Crippen LogP contribution is 2.26. The van der Waals surface area contributed by atoms with Crippen molar-refractivity contribution in [2.24, 2.45) is 0 Å². The summed E-state index contributed by atoms with van der Waals surface area (Å²) in [4.78, 5) is 62.5. The molecule has 2 aliphatic rings. The molecule has 1 atom stereocenters. The van der Waals surface area contributed by atoms with Crippen LogP contribution >= 0.6 is 0 Å². The van der Waals surface area contributed by atoms with Gasteiger partial charge in [0.25, 0.3) is 23.6 Å². The van der Waals surface area contributed by atoms with Crippen LogP contribution in [0.1, 0.15) is 54.3 Å². The summed E-state index contributed by atoms with van der Waals surface area (Å²) in [5.74, 6) is -3.05. The van der Waals surface area contributed by atoms with E-state index in [4.69, 9.17) is 9.47 Å². The van der Waals surface area contributed by atoms with Gasteiger partial charge < -0.3 is 9.47 Å². The van der Waals surface area contributed by atoms with Gasteiger partial charge in [-0.2, -0.15) is 0 Å². The fraction of sp³-hybridized carbons (Fsp3) is 0.261. The zero-order valence-electron chi connectivity index (χ0n) is 17.5. The maximum Gasteiger partial charge on any atom is 0.338 e. The Hall–Kier alpha value is -4.05. The Balaban J connectivity index is 1.31. The van der Waals surface area contributed by atoms with Gasteiger partial charge in [0.2, 0.25) is 0 Å². The lowest BCUT2D eigenvalue weighted by atomic mass is 10.1. The van der Waals surface area contributed by atoms with Gasteiger partial charge in [-0.25, -0.2) is 4.79 Å². The summed E-state index contributed by atoms with van der Waals surface area (Å²) in [5.41, 5.74) is 5.04. The first-order chi connectivity index (χ1) is 15.9. The minimum Gasteiger partial charge on any atom is -0.452 e. The number of nitrogens with zero attached hydrogens (tertiary/aromatic N) is 1. The second kappa shape index (κ2) is 9.61. The topological polar surface area (TPSA) is 131 Å². The van der Waals surface area contributed by atoms with Crippen LogP contribution in [-0.4, -0.2) is 60.4 Å². The molecule has 2 heterocycles. The Kier molecular flexibility index (Phi) is 6.45. The Morgan fingerprint density at radius 1 is 0.970 bits per heavy atom. The van der Waals surface area contributed by atoms with E-state index < -0.39 is 36.2 Å². The van der Waals surface area contributed by atoms with Crippen molar-refractivity contribution in [2.75, 3.05) is 19.8 Å². The third-order valence-electron chi connectivity index (χ3n) is 5.30. The van der Waals surface area contributed by atoms with Crippen molar-refractivity contribution in [3.63, 3.8) is 0 Å². The van der Waals surface area contributed by atoms with Gasteiger partial charge >= 0.3 is 5.97 Å². The van der Waals surface area contributed by atoms with Crippen molar-refractivity contribution in [2.45, 2.75) is 18.9 Å². The highest BCUT2D eigenvalue weighted by molar-refractivity contribution is 6.22. The summed E-state index contributed by atoms with van der Waals surface area (Å²) in [6.45, 7) is 0.122. The molecule has 2 aromatic carbocycles. The van der Waals surface area contributed by atoms with Gasteiger partial charge in [-0.15, -0.1) is 0 Å². The van der Waals surface area contributed by atoms with Crippen LogP contribution < -0.4 is 10.9 Å². The van der Waals surface area contributed by atoms with Gasteiger partial charge in [0.05, 0.1) is 29.3 Å². The van der Waals surface area contributed by atoms with E-state index in [2.05, 4.69) is 10.9 Å². The molecule has 4 amide bonds. The SMILES string of the molecule is O=C(COC(=O)c1ccc2c(c1)C(=O)N(C[C@H]1CCCO1)C2=O)NNC(=O)c1ccccc1. The smallest absolute Gasteiger partial charge is 0.338 e. The molecule has 10 nitrogen and oxygen atoms in total. The van der Waals surface area contributed by atoms with Gasteiger partial charge in [-0.1, -0.05) is 18.2 Å². The zero-order chi connectivity index (χ0) is 23.4. The van der Waals surface area contributed by atoms with Crippen LogP contribution in [0.5, 0.6) is 0 Å². The van der Waals surface area contributed by atoms with Crippen molar-refractivity contribution >= 4 is 29.6 Å². The van der Waals surface area contributed by atoms with Gasteiger partial charge in [-0.05, 0) is 43.2 Å². The number of esters is 1. The Bertz CT molecular complexity index is 1110. The lowest BCUT2D eigenvalue weighted by Crippen LogP contribution is -2.43. The number of carbonyl (C=O) groups is 5. The van der Waals surface area contributed by atoms with Crippen molar-refractivity contribution in [1.29, 1.82) is 0 Å². The third kappa shape index (κ3) is 4.90. The number of fused-ring (bicyclic) bond motifs is 1. The molecule has 0 bridgehead atoms. The Morgan fingerprint density at radius 3 is 2.45 bits per heavy atom. The van der Waals surface area contributed by atoms with Gasteiger partial charge in [-0.3, -0.25) is 34.9 Å². The molecule has 2 N–H and O–H groups in total. The summed E-state index contributed by atoms with van der Waals surface area (Å²) in [5, 5.41) is 0. The molecule has 1 saturated heterocycles. The maximum absolute atomic E-state index is 12.7. The van der Waals surface area contributed by atoms with E-state index >= 15 is 0 Å². The largest absolute Gasteiger partial charge is 0.452 e. The standard InChI is InChI=1S/C23H21N3O7/c27-19(24-25-20(28)14-5-2-1-3-6-14)13-33-23(31)15-8-9-17-18(11-15)22(30)26(21(17)29)12-16-7-4-10-32-16/h1-3,5-6,8-9,11,16H,4,7,10,12-13H2,(H,24,27)(H,25,28)/t16-/m1/s1. The molecular formula is C23H21N3O7. The number of rotatable bonds is 6. The number of nitrogens with one attached hydrogen (secondary N) is 2. The van der Waals surface area contributed by atoms with E-state index in [1.165, 1.54) is 18.2 Å². The van der Waals surface area contributed by atoms with Crippen LogP contribution in [0.3, 0.4) is 0 Å². The van der Waals surface area contributed by atoms with E-state index in [1.54, 1.807) is 30.3 Å². The van der Waals surface area contributed by atoms with Gasteiger partial charge in [0.1, 0.15) is 0 Å². The summed E-state index contributed by atoms with van der Waals surface area (Å²) >= 11 is 0. The molecule has 2 aromatic rings. The molecule has 33 heavy (non-hydrogen) atoms. The molecule has 4 rings (SSSR count). The number of hydrazine groups is 1. The van der Waals surface area contributed by atoms with Crippen molar-refractivity contribution in [3.05, 3.63) is 70.8 Å². The average Bonchev–Trinajstić information content (AvgIpc) is 3.44. The number of hydrogen-bond donors (Lipinski definition) is 2. The van der Waals surface area contributed by atoms with E-state index in [0.29, 0.717) is 12.2 Å². The predicted molar refractivity (Wildman–Crippen MR) is 113 cm³/mol. The maximum atomic E-state index is 12.7. The minimum absolute atomic E-state index is 0.0231. The Labute approximate surface area is 188 Å². The number of ether oxygens (including phenoxy) is 2. The van der Waals surface area contributed by atoms with E-state index in [9.17, 15) is 24.0 Å². The Morgan fingerprint density at radius 2 is 1.73 bits per heavy atom. The molecule has 0 aliphatic carbocycles. The second-order valence-electron chi connectivity index (χ2n) is 7.56. The molecular weight excluding hydrogens is 430 g/mol. The molecule has 2 aliphatic heterocycles. The molecule has 170 valence electrons. The van der Waals surface area contributed by atoms with Crippen LogP contribution in [0.25, 0.3) is 0 Å². The number of carbonyl (C=O) groups excluding carboxylic acids is 5. The van der Waals surface area contributed by atoms with Crippen LogP contribution in [0.4, 0.5) is 0 Å². The van der Waals surface area contributed by atoms with Gasteiger partial charge in [0, 0.05) is 12.2 Å². The summed E-state index contributed by atoms with van der Waals surface area (Å²) < 4.78 is 10.5. The van der Waals surface area contributed by atoms with Crippen LogP contribution in [-0.2, 0) is 14.3 Å². The lowest BCUT2D eigenvalue weighted by Gasteiger charge is -2.17. The molecule has 0 aromatic heterocycles.